The third-order valence-electron chi connectivity index (χ3n) is 4.46. The van der Waals surface area contributed by atoms with Gasteiger partial charge in [0.1, 0.15) is 16.5 Å². The summed E-state index contributed by atoms with van der Waals surface area (Å²) >= 11 is 11.0. The van der Waals surface area contributed by atoms with Gasteiger partial charge in [-0.25, -0.2) is 4.99 Å². The van der Waals surface area contributed by atoms with E-state index in [1.54, 1.807) is 25.3 Å². The smallest absolute Gasteiger partial charge is 0.234 e. The zero-order valence-electron chi connectivity index (χ0n) is 16.3. The summed E-state index contributed by atoms with van der Waals surface area (Å²) in [5, 5.41) is 4.08. The molecular weight excluding hydrogens is 474 g/mol. The third-order valence-corrected chi connectivity index (χ3v) is 6.25. The molecule has 152 valence electrons. The minimum absolute atomic E-state index is 0.140. The van der Waals surface area contributed by atoms with Crippen molar-refractivity contribution in [2.24, 2.45) is 9.98 Å². The van der Waals surface area contributed by atoms with Crippen molar-refractivity contribution in [3.05, 3.63) is 57.5 Å². The molecule has 1 amide bonds. The molecule has 0 bridgehead atoms. The highest BCUT2D eigenvalue weighted by molar-refractivity contribution is 9.10. The van der Waals surface area contributed by atoms with Crippen molar-refractivity contribution in [2.75, 3.05) is 18.2 Å². The van der Waals surface area contributed by atoms with Crippen LogP contribution in [0.1, 0.15) is 25.8 Å². The van der Waals surface area contributed by atoms with Crippen LogP contribution in [0.25, 0.3) is 0 Å². The number of carbonyl (C=O) groups is 1. The zero-order chi connectivity index (χ0) is 21.0. The summed E-state index contributed by atoms with van der Waals surface area (Å²) in [6, 6.07) is 13.1. The first-order valence-corrected chi connectivity index (χ1v) is 11.2. The molecule has 1 heterocycles. The number of halogens is 2. The van der Waals surface area contributed by atoms with Crippen molar-refractivity contribution in [3.8, 4) is 5.75 Å². The van der Waals surface area contributed by atoms with Gasteiger partial charge in [0.25, 0.3) is 0 Å². The van der Waals surface area contributed by atoms with Crippen molar-refractivity contribution < 1.29 is 9.53 Å². The van der Waals surface area contributed by atoms with Crippen molar-refractivity contribution in [1.29, 1.82) is 0 Å². The molecule has 0 unspecified atom stereocenters. The number of nitrogens with one attached hydrogen (secondary N) is 1. The number of anilines is 1. The lowest BCUT2D eigenvalue weighted by Gasteiger charge is -2.13. The number of ether oxygens (including phenoxy) is 1. The van der Waals surface area contributed by atoms with E-state index in [0.29, 0.717) is 16.5 Å². The summed E-state index contributed by atoms with van der Waals surface area (Å²) < 4.78 is 6.13. The second kappa shape index (κ2) is 9.32. The third kappa shape index (κ3) is 5.41. The number of nitrogens with zero attached hydrogens (tertiary/aromatic N) is 2. The maximum absolute atomic E-state index is 12.4. The Kier molecular flexibility index (Phi) is 7.03. The summed E-state index contributed by atoms with van der Waals surface area (Å²) in [7, 11) is 1.55. The largest absolute Gasteiger partial charge is 0.495 e. The summed E-state index contributed by atoms with van der Waals surface area (Å²) in [6.45, 7) is 4.05. The second-order valence-corrected chi connectivity index (χ2v) is 8.93. The van der Waals surface area contributed by atoms with Crippen LogP contribution < -0.4 is 10.1 Å². The van der Waals surface area contributed by atoms with E-state index in [2.05, 4.69) is 28.2 Å². The molecule has 0 saturated heterocycles. The summed E-state index contributed by atoms with van der Waals surface area (Å²) in [5.74, 6) is 0.644. The number of hydrogen-bond acceptors (Lipinski definition) is 5. The number of hydrogen-bond donors (Lipinski definition) is 1. The Hall–Kier alpha value is -1.83. The first kappa shape index (κ1) is 21.9. The average molecular weight is 495 g/mol. The van der Waals surface area contributed by atoms with Crippen LogP contribution in [0.4, 0.5) is 5.69 Å². The molecule has 29 heavy (non-hydrogen) atoms. The van der Waals surface area contributed by atoms with Gasteiger partial charge >= 0.3 is 0 Å². The fourth-order valence-electron chi connectivity index (χ4n) is 2.72. The van der Waals surface area contributed by atoms with Crippen molar-refractivity contribution in [2.45, 2.75) is 25.9 Å². The van der Waals surface area contributed by atoms with E-state index in [4.69, 9.17) is 26.3 Å². The van der Waals surface area contributed by atoms with Crippen LogP contribution in [0, 0.1) is 0 Å². The fourth-order valence-corrected chi connectivity index (χ4v) is 4.14. The molecule has 1 aliphatic heterocycles. The van der Waals surface area contributed by atoms with Crippen molar-refractivity contribution in [3.63, 3.8) is 0 Å². The molecule has 0 spiro atoms. The van der Waals surface area contributed by atoms with Crippen LogP contribution in [0.15, 0.2) is 56.9 Å². The fraction of sp³-hybridized carbons (Fsp3) is 0.286. The quantitative estimate of drug-likeness (QED) is 0.551. The highest BCUT2D eigenvalue weighted by Crippen LogP contribution is 2.30. The van der Waals surface area contributed by atoms with Gasteiger partial charge in [-0.2, -0.15) is 0 Å². The van der Waals surface area contributed by atoms with Crippen molar-refractivity contribution >= 4 is 61.6 Å². The van der Waals surface area contributed by atoms with E-state index in [-0.39, 0.29) is 11.7 Å². The molecule has 8 heteroatoms. The molecule has 3 rings (SSSR count). The number of benzene rings is 2. The Morgan fingerprint density at radius 3 is 2.59 bits per heavy atom. The summed E-state index contributed by atoms with van der Waals surface area (Å²) in [6.07, 6.45) is 0.785. The van der Waals surface area contributed by atoms with Gasteiger partial charge in [0.05, 0.1) is 23.6 Å². The van der Waals surface area contributed by atoms with Gasteiger partial charge in [0, 0.05) is 15.7 Å². The average Bonchev–Trinajstić information content (AvgIpc) is 3.05. The van der Waals surface area contributed by atoms with E-state index in [1.165, 1.54) is 11.8 Å². The highest BCUT2D eigenvalue weighted by atomic mass is 79.9. The van der Waals surface area contributed by atoms with Gasteiger partial charge < -0.3 is 10.1 Å². The summed E-state index contributed by atoms with van der Waals surface area (Å²) in [5.41, 5.74) is 1.94. The highest BCUT2D eigenvalue weighted by Gasteiger charge is 2.31. The number of methoxy groups -OCH3 is 1. The first-order chi connectivity index (χ1) is 13.8. The molecule has 2 aromatic rings. The van der Waals surface area contributed by atoms with Gasteiger partial charge in [0.2, 0.25) is 5.91 Å². The Bertz CT molecular complexity index is 978. The number of thioether (sulfide) groups is 1. The molecule has 0 fully saturated rings. The molecule has 0 radical (unpaired) electrons. The number of rotatable bonds is 6. The van der Waals surface area contributed by atoms with E-state index in [1.807, 2.05) is 31.2 Å². The second-order valence-electron chi connectivity index (χ2n) is 6.64. The van der Waals surface area contributed by atoms with Gasteiger partial charge in [-0.05, 0) is 43.7 Å². The summed E-state index contributed by atoms with van der Waals surface area (Å²) in [4.78, 5) is 22.1. The Morgan fingerprint density at radius 2 is 1.97 bits per heavy atom. The monoisotopic (exact) mass is 493 g/mol. The topological polar surface area (TPSA) is 63.0 Å². The molecule has 1 atom stereocenters. The molecule has 0 saturated carbocycles. The lowest BCUT2D eigenvalue weighted by Crippen LogP contribution is -2.17. The normalized spacial score (nSPS) is 18.2. The number of aliphatic imine (C=N–C) groups is 2. The molecule has 1 aliphatic rings. The SMILES string of the molecule is CC[C@@]1(C)N=C(SCC(=O)Nc2ccc(OC)c(Cl)c2)C(c2ccc(Br)cc2)=N1. The van der Waals surface area contributed by atoms with Crippen molar-refractivity contribution in [1.82, 2.24) is 0 Å². The maximum atomic E-state index is 12.4. The first-order valence-electron chi connectivity index (χ1n) is 9.06. The van der Waals surface area contributed by atoms with E-state index < -0.39 is 5.66 Å². The Balaban J connectivity index is 1.70. The van der Waals surface area contributed by atoms with Gasteiger partial charge in [-0.15, -0.1) is 0 Å². The van der Waals surface area contributed by atoms with Gasteiger partial charge in [-0.1, -0.05) is 58.3 Å². The van der Waals surface area contributed by atoms with Crippen LogP contribution in [-0.4, -0.2) is 35.2 Å². The van der Waals surface area contributed by atoms with Gasteiger partial charge in [0.15, 0.2) is 0 Å². The number of carbonyl (C=O) groups excluding carboxylic acids is 1. The predicted molar refractivity (Wildman–Crippen MR) is 126 cm³/mol. The van der Waals surface area contributed by atoms with Crippen LogP contribution >= 0.6 is 39.3 Å². The molecule has 0 aliphatic carbocycles. The maximum Gasteiger partial charge on any atom is 0.234 e. The Morgan fingerprint density at radius 1 is 1.24 bits per heavy atom. The minimum atomic E-state index is -0.495. The van der Waals surface area contributed by atoms with Crippen LogP contribution in [-0.2, 0) is 4.79 Å². The molecular formula is C21H21BrClN3O2S. The Labute approximate surface area is 188 Å². The molecule has 5 nitrogen and oxygen atoms in total. The van der Waals surface area contributed by atoms with Gasteiger partial charge in [-0.3, -0.25) is 9.79 Å². The molecule has 1 N–H and O–H groups in total. The zero-order valence-corrected chi connectivity index (χ0v) is 19.5. The lowest BCUT2D eigenvalue weighted by molar-refractivity contribution is -0.113. The van der Waals surface area contributed by atoms with E-state index in [0.717, 1.165) is 27.2 Å². The standard InChI is InChI=1S/C21H21BrClN3O2S/c1-4-21(2)25-19(13-5-7-14(22)8-6-13)20(26-21)29-12-18(27)24-15-9-10-17(28-3)16(23)11-15/h5-11H,4,12H2,1-3H3,(H,24,27)/t21-/m1/s1. The number of amides is 1. The minimum Gasteiger partial charge on any atom is -0.495 e. The molecule has 0 aromatic heterocycles. The van der Waals surface area contributed by atoms with E-state index >= 15 is 0 Å². The van der Waals surface area contributed by atoms with Crippen LogP contribution in [0.2, 0.25) is 5.02 Å². The van der Waals surface area contributed by atoms with Crippen LogP contribution in [0.3, 0.4) is 0 Å². The lowest BCUT2D eigenvalue weighted by atomic mass is 10.1. The van der Waals surface area contributed by atoms with E-state index in [9.17, 15) is 4.79 Å². The predicted octanol–water partition coefficient (Wildman–Crippen LogP) is 5.81. The molecule has 2 aromatic carbocycles. The van der Waals surface area contributed by atoms with Crippen LogP contribution in [0.5, 0.6) is 5.75 Å².